The van der Waals surface area contributed by atoms with Crippen LogP contribution in [0.3, 0.4) is 0 Å². The van der Waals surface area contributed by atoms with Crippen molar-refractivity contribution in [3.63, 3.8) is 0 Å². The molecule has 0 unspecified atom stereocenters. The number of likely N-dealkylation sites (tertiary alicyclic amines) is 1. The molecule has 130 valence electrons. The molecule has 1 spiro atoms. The number of hydrogen-bond donors (Lipinski definition) is 1. The first-order chi connectivity index (χ1) is 11.4. The Bertz CT molecular complexity index is 728. The monoisotopic (exact) mass is 331 g/mol. The molecule has 6 heteroatoms. The maximum absolute atomic E-state index is 12.6. The minimum absolute atomic E-state index is 0.0133. The predicted octanol–water partition coefficient (Wildman–Crippen LogP) is 1.66. The Hall–Kier alpha value is -1.95. The summed E-state index contributed by atoms with van der Waals surface area (Å²) in [5, 5.41) is 0. The molecule has 1 amide bonds. The normalized spacial score (nSPS) is 20.1. The number of aryl methyl sites for hydroxylation is 2. The van der Waals surface area contributed by atoms with Crippen LogP contribution in [-0.4, -0.2) is 46.1 Å². The van der Waals surface area contributed by atoms with Crippen molar-refractivity contribution in [3.8, 4) is 0 Å². The zero-order valence-electron chi connectivity index (χ0n) is 14.6. The van der Waals surface area contributed by atoms with Crippen molar-refractivity contribution < 1.29 is 9.53 Å². The van der Waals surface area contributed by atoms with Gasteiger partial charge in [-0.15, -0.1) is 0 Å². The van der Waals surface area contributed by atoms with E-state index < -0.39 is 0 Å². The van der Waals surface area contributed by atoms with Gasteiger partial charge in [-0.05, 0) is 40.0 Å². The molecule has 0 atom stereocenters. The predicted molar refractivity (Wildman–Crippen MR) is 90.9 cm³/mol. The number of carbonyl (C=O) groups excluding carboxylic acids is 1. The summed E-state index contributed by atoms with van der Waals surface area (Å²) in [6.07, 6.45) is 4.97. The SMILES string of the molecule is CC1=CC2(CCN(C(=O)Cc3c(C)nc(C)[nH]c3=O)CC2)OCC1. The third kappa shape index (κ3) is 3.43. The molecule has 1 saturated heterocycles. The molecule has 1 aromatic heterocycles. The van der Waals surface area contributed by atoms with E-state index in [0.717, 1.165) is 25.9 Å². The number of nitrogens with one attached hydrogen (secondary N) is 1. The minimum Gasteiger partial charge on any atom is -0.370 e. The van der Waals surface area contributed by atoms with Gasteiger partial charge >= 0.3 is 0 Å². The first-order valence-corrected chi connectivity index (χ1v) is 8.55. The second-order valence-corrected chi connectivity index (χ2v) is 6.93. The van der Waals surface area contributed by atoms with Gasteiger partial charge in [0.25, 0.3) is 5.56 Å². The Morgan fingerprint density at radius 2 is 2.04 bits per heavy atom. The molecule has 0 aromatic carbocycles. The van der Waals surface area contributed by atoms with Crippen LogP contribution in [0.4, 0.5) is 0 Å². The van der Waals surface area contributed by atoms with E-state index in [-0.39, 0.29) is 23.5 Å². The molecular formula is C18H25N3O3. The molecule has 0 radical (unpaired) electrons. The third-order valence-electron chi connectivity index (χ3n) is 5.03. The van der Waals surface area contributed by atoms with Crippen molar-refractivity contribution in [1.29, 1.82) is 0 Å². The molecule has 2 aliphatic heterocycles. The van der Waals surface area contributed by atoms with Crippen LogP contribution in [0.1, 0.15) is 43.3 Å². The summed E-state index contributed by atoms with van der Waals surface area (Å²) in [6.45, 7) is 7.75. The van der Waals surface area contributed by atoms with Crippen LogP contribution in [0.5, 0.6) is 0 Å². The highest BCUT2D eigenvalue weighted by molar-refractivity contribution is 5.79. The second kappa shape index (κ2) is 6.51. The van der Waals surface area contributed by atoms with Crippen molar-refractivity contribution in [2.24, 2.45) is 0 Å². The standard InChI is InChI=1S/C18H25N3O3/c1-12-4-9-24-18(11-12)5-7-21(8-6-18)16(22)10-15-13(2)19-14(3)20-17(15)23/h11H,4-10H2,1-3H3,(H,19,20,23). The van der Waals surface area contributed by atoms with Gasteiger partial charge in [0, 0.05) is 24.3 Å². The lowest BCUT2D eigenvalue weighted by molar-refractivity contribution is -0.135. The molecule has 1 fully saturated rings. The highest BCUT2D eigenvalue weighted by Crippen LogP contribution is 2.33. The van der Waals surface area contributed by atoms with Gasteiger partial charge in [-0.3, -0.25) is 9.59 Å². The Morgan fingerprint density at radius 3 is 2.67 bits per heavy atom. The number of piperidine rings is 1. The Balaban J connectivity index is 1.66. The fourth-order valence-electron chi connectivity index (χ4n) is 3.62. The summed E-state index contributed by atoms with van der Waals surface area (Å²) < 4.78 is 6.00. The van der Waals surface area contributed by atoms with E-state index in [9.17, 15) is 9.59 Å². The topological polar surface area (TPSA) is 75.3 Å². The van der Waals surface area contributed by atoms with Gasteiger partial charge in [-0.1, -0.05) is 11.6 Å². The molecular weight excluding hydrogens is 306 g/mol. The number of rotatable bonds is 2. The number of carbonyl (C=O) groups is 1. The van der Waals surface area contributed by atoms with E-state index in [1.54, 1.807) is 13.8 Å². The van der Waals surface area contributed by atoms with Crippen LogP contribution in [0.15, 0.2) is 16.4 Å². The number of amides is 1. The van der Waals surface area contributed by atoms with Crippen molar-refractivity contribution in [2.45, 2.75) is 52.1 Å². The largest absolute Gasteiger partial charge is 0.370 e. The van der Waals surface area contributed by atoms with Crippen LogP contribution in [-0.2, 0) is 16.0 Å². The lowest BCUT2D eigenvalue weighted by Crippen LogP contribution is -2.49. The van der Waals surface area contributed by atoms with E-state index in [1.807, 2.05) is 4.90 Å². The van der Waals surface area contributed by atoms with Gasteiger partial charge in [-0.25, -0.2) is 4.98 Å². The average molecular weight is 331 g/mol. The van der Waals surface area contributed by atoms with Crippen molar-refractivity contribution in [1.82, 2.24) is 14.9 Å². The van der Waals surface area contributed by atoms with Gasteiger partial charge in [-0.2, -0.15) is 0 Å². The maximum atomic E-state index is 12.6. The Labute approximate surface area is 141 Å². The molecule has 0 bridgehead atoms. The number of aromatic amines is 1. The maximum Gasteiger partial charge on any atom is 0.254 e. The van der Waals surface area contributed by atoms with Crippen LogP contribution >= 0.6 is 0 Å². The highest BCUT2D eigenvalue weighted by atomic mass is 16.5. The molecule has 1 aromatic rings. The molecule has 1 N–H and O–H groups in total. The average Bonchev–Trinajstić information content (AvgIpc) is 2.51. The van der Waals surface area contributed by atoms with Crippen LogP contribution in [0, 0.1) is 13.8 Å². The molecule has 6 nitrogen and oxygen atoms in total. The lowest BCUT2D eigenvalue weighted by Gasteiger charge is -2.42. The highest BCUT2D eigenvalue weighted by Gasteiger charge is 2.36. The van der Waals surface area contributed by atoms with E-state index in [1.165, 1.54) is 5.57 Å². The zero-order chi connectivity index (χ0) is 17.3. The summed E-state index contributed by atoms with van der Waals surface area (Å²) in [7, 11) is 0. The molecule has 0 saturated carbocycles. The van der Waals surface area contributed by atoms with Crippen molar-refractivity contribution >= 4 is 5.91 Å². The van der Waals surface area contributed by atoms with Crippen molar-refractivity contribution in [2.75, 3.05) is 19.7 Å². The first kappa shape index (κ1) is 16.9. The van der Waals surface area contributed by atoms with E-state index in [2.05, 4.69) is 23.0 Å². The Kier molecular flexibility index (Phi) is 4.58. The number of aromatic nitrogens is 2. The van der Waals surface area contributed by atoms with Crippen molar-refractivity contribution in [3.05, 3.63) is 39.1 Å². The molecule has 2 aliphatic rings. The third-order valence-corrected chi connectivity index (χ3v) is 5.03. The summed E-state index contributed by atoms with van der Waals surface area (Å²) >= 11 is 0. The summed E-state index contributed by atoms with van der Waals surface area (Å²) in [5.74, 6) is 0.561. The molecule has 3 rings (SSSR count). The number of H-pyrrole nitrogens is 1. The van der Waals surface area contributed by atoms with E-state index >= 15 is 0 Å². The van der Waals surface area contributed by atoms with Gasteiger partial charge in [0.2, 0.25) is 5.91 Å². The molecule has 24 heavy (non-hydrogen) atoms. The van der Waals surface area contributed by atoms with Gasteiger partial charge in [0.05, 0.1) is 18.6 Å². The van der Waals surface area contributed by atoms with E-state index in [4.69, 9.17) is 4.74 Å². The van der Waals surface area contributed by atoms with E-state index in [0.29, 0.717) is 30.2 Å². The second-order valence-electron chi connectivity index (χ2n) is 6.93. The number of nitrogens with zero attached hydrogens (tertiary/aromatic N) is 2. The smallest absolute Gasteiger partial charge is 0.254 e. The summed E-state index contributed by atoms with van der Waals surface area (Å²) in [4.78, 5) is 33.4. The quantitative estimate of drug-likeness (QED) is 0.836. The van der Waals surface area contributed by atoms with Gasteiger partial charge in [0.1, 0.15) is 5.82 Å². The fourth-order valence-corrected chi connectivity index (χ4v) is 3.62. The minimum atomic E-state index is -0.212. The van der Waals surface area contributed by atoms with Crippen LogP contribution < -0.4 is 5.56 Å². The van der Waals surface area contributed by atoms with Gasteiger partial charge < -0.3 is 14.6 Å². The molecule has 0 aliphatic carbocycles. The number of hydrogen-bond acceptors (Lipinski definition) is 4. The van der Waals surface area contributed by atoms with Gasteiger partial charge in [0.15, 0.2) is 0 Å². The number of ether oxygens (including phenoxy) is 1. The first-order valence-electron chi connectivity index (χ1n) is 8.55. The zero-order valence-corrected chi connectivity index (χ0v) is 14.6. The fraction of sp³-hybridized carbons (Fsp3) is 0.611. The lowest BCUT2D eigenvalue weighted by atomic mass is 9.87. The summed E-state index contributed by atoms with van der Waals surface area (Å²) in [5.41, 5.74) is 2.06. The summed E-state index contributed by atoms with van der Waals surface area (Å²) in [6, 6.07) is 0. The van der Waals surface area contributed by atoms with Crippen LogP contribution in [0.25, 0.3) is 0 Å². The molecule has 3 heterocycles. The Morgan fingerprint density at radius 1 is 1.33 bits per heavy atom. The van der Waals surface area contributed by atoms with Crippen LogP contribution in [0.2, 0.25) is 0 Å².